The summed E-state index contributed by atoms with van der Waals surface area (Å²) in [4.78, 5) is 46.0. The second-order valence-electron chi connectivity index (χ2n) is 17.6. The minimum Gasteiger partial charge on any atom is -1.00 e. The number of hydrogen-bond donors (Lipinski definition) is 6. The molecule has 4 aromatic carbocycles. The molecule has 4 aromatic heterocycles. The number of aryl methyl sites for hydroxylation is 4. The van der Waals surface area contributed by atoms with E-state index in [0.29, 0.717) is 80.1 Å². The molecule has 0 bridgehead atoms. The number of benzene rings is 4. The Labute approximate surface area is 567 Å². The van der Waals surface area contributed by atoms with Crippen molar-refractivity contribution in [3.63, 3.8) is 0 Å². The first-order valence-corrected chi connectivity index (χ1v) is 28.5. The van der Waals surface area contributed by atoms with Crippen molar-refractivity contribution in [3.05, 3.63) is 189 Å². The number of aromatic carboxylic acids is 1. The molecule has 0 radical (unpaired) electrons. The quantitative estimate of drug-likeness (QED) is 0.0222. The molecular weight excluding hydrogens is 1260 g/mol. The van der Waals surface area contributed by atoms with Crippen LogP contribution >= 0.6 is 22.6 Å². The van der Waals surface area contributed by atoms with Gasteiger partial charge in [0, 0.05) is 18.9 Å². The number of aliphatic hydroxyl groups is 2. The molecule has 0 amide bonds. The summed E-state index contributed by atoms with van der Waals surface area (Å²) in [6.07, 6.45) is 0. The summed E-state index contributed by atoms with van der Waals surface area (Å²) in [5.41, 5.74) is 10.5. The summed E-state index contributed by atoms with van der Waals surface area (Å²) < 4.78 is 31.4. The Balaban J connectivity index is 0. The molecule has 460 valence electrons. The van der Waals surface area contributed by atoms with Gasteiger partial charge < -0.3 is 56.0 Å². The van der Waals surface area contributed by atoms with Gasteiger partial charge in [-0.3, -0.25) is 5.10 Å². The Morgan fingerprint density at radius 3 is 1.24 bits per heavy atom. The van der Waals surface area contributed by atoms with E-state index < -0.39 is 19.1 Å². The van der Waals surface area contributed by atoms with E-state index in [-0.39, 0.29) is 96.9 Å². The van der Waals surface area contributed by atoms with Crippen molar-refractivity contribution in [3.8, 4) is 17.1 Å². The second kappa shape index (κ2) is 44.5. The Morgan fingerprint density at radius 2 is 0.885 bits per heavy atom. The number of carboxylic acids is 1. The molecule has 4 heterocycles. The number of aromatic amines is 1. The summed E-state index contributed by atoms with van der Waals surface area (Å²) in [6.45, 7) is 21.8. The minimum atomic E-state index is -1.46. The zero-order valence-corrected chi connectivity index (χ0v) is 57.7. The minimum absolute atomic E-state index is 0. The Morgan fingerprint density at radius 1 is 0.529 bits per heavy atom. The van der Waals surface area contributed by atoms with Crippen LogP contribution in [-0.4, -0.2) is 139 Å². The van der Waals surface area contributed by atoms with Crippen LogP contribution in [0, 0.1) is 27.7 Å². The molecule has 0 fully saturated rings. The average molecular weight is 1340 g/mol. The van der Waals surface area contributed by atoms with Gasteiger partial charge in [0.2, 0.25) is 0 Å². The maximum absolute atomic E-state index is 12.0. The van der Waals surface area contributed by atoms with Gasteiger partial charge in [-0.1, -0.05) is 90.2 Å². The number of alkyl halides is 1. The fourth-order valence-electron chi connectivity index (χ4n) is 7.30. The van der Waals surface area contributed by atoms with Crippen molar-refractivity contribution in [2.75, 3.05) is 37.5 Å². The van der Waals surface area contributed by atoms with Crippen LogP contribution in [0.1, 0.15) is 130 Å². The van der Waals surface area contributed by atoms with Crippen molar-refractivity contribution < 1.29 is 134 Å². The summed E-state index contributed by atoms with van der Waals surface area (Å²) in [5.74, 6) is -2.14. The number of aliphatic hydroxyl groups excluding tert-OH is 2. The maximum atomic E-state index is 12.0. The predicted octanol–water partition coefficient (Wildman–Crippen LogP) is 2.30. The van der Waals surface area contributed by atoms with Gasteiger partial charge in [0.25, 0.3) is 0 Å². The zero-order valence-electron chi connectivity index (χ0n) is 52.6. The topological polar surface area (TPSA) is 328 Å². The molecule has 27 heteroatoms. The fraction of sp³-hybridized carbons (Fsp3) is 0.333. The third-order valence-corrected chi connectivity index (χ3v) is 10.9. The summed E-state index contributed by atoms with van der Waals surface area (Å²) in [5, 5.41) is 63.7. The van der Waals surface area contributed by atoms with E-state index in [1.807, 2.05) is 101 Å². The van der Waals surface area contributed by atoms with Crippen molar-refractivity contribution in [1.82, 2.24) is 39.5 Å². The first kappa shape index (κ1) is 81.1. The van der Waals surface area contributed by atoms with Crippen LogP contribution in [0.15, 0.2) is 121 Å². The van der Waals surface area contributed by atoms with E-state index in [1.165, 1.54) is 13.8 Å². The van der Waals surface area contributed by atoms with Crippen molar-refractivity contribution in [1.29, 1.82) is 0 Å². The van der Waals surface area contributed by atoms with E-state index >= 15 is 0 Å². The number of nitrogens with zero attached hydrogens (tertiary/aromatic N) is 7. The molecule has 8 aromatic rings. The van der Waals surface area contributed by atoms with E-state index in [4.69, 9.17) is 49.1 Å². The molecule has 0 aliphatic carbocycles. The fourth-order valence-corrected chi connectivity index (χ4v) is 7.30. The van der Waals surface area contributed by atoms with Gasteiger partial charge in [0.15, 0.2) is 22.8 Å². The van der Waals surface area contributed by atoms with Gasteiger partial charge in [0.05, 0.1) is 80.4 Å². The SMILES string of the molecule is CCI.CCOC(=O)c1cc(C)[nH]n1.CCOC(=O)c1cc(C)nn1-c1cccc(CO)c1.CCOCc1cccc(-n2nc(C)cc2C(=O)O)c1.CCOCc1cccc(-n2nc(C)cc2C(=O)OCC)c1.OCc1cccc(B(O)O)c1.[H-].[Na+].[Na+].[OH-]. The molecule has 7 N–H and O–H groups in total. The predicted molar refractivity (Wildman–Crippen MR) is 329 cm³/mol. The molecule has 0 atom stereocenters. The summed E-state index contributed by atoms with van der Waals surface area (Å²) in [6, 6.07) is 35.7. The molecule has 0 aliphatic rings. The van der Waals surface area contributed by atoms with Crippen LogP contribution in [0.4, 0.5) is 0 Å². The second-order valence-corrected chi connectivity index (χ2v) is 19.2. The number of ether oxygens (including phenoxy) is 5. The number of H-pyrrole nitrogens is 1. The normalized spacial score (nSPS) is 9.83. The van der Waals surface area contributed by atoms with Crippen LogP contribution in [-0.2, 0) is 50.1 Å². The van der Waals surface area contributed by atoms with E-state index in [9.17, 15) is 19.2 Å². The number of hydrogen-bond acceptors (Lipinski definition) is 18. The van der Waals surface area contributed by atoms with Crippen LogP contribution in [0.25, 0.3) is 17.1 Å². The first-order valence-electron chi connectivity index (χ1n) is 26.9. The van der Waals surface area contributed by atoms with Gasteiger partial charge in [-0.05, 0) is 155 Å². The van der Waals surface area contributed by atoms with E-state index in [0.717, 1.165) is 50.8 Å². The van der Waals surface area contributed by atoms with Gasteiger partial charge in [-0.15, -0.1) is 0 Å². The zero-order chi connectivity index (χ0) is 62.1. The standard InChI is InChI=1S/C16H20N2O3.2C14H16N2O3.C7H9BO3.C7H10N2O2.C2H5I.2Na.H2O.H/c1-4-20-11-13-7-6-8-14(10-13)18-15(9-12(3)17-18)16(19)21-5-2;1-3-19-9-11-5-4-6-12(8-11)16-13(14(17)18)7-10(2)15-16;1-3-19-14(18)13-7-10(2)15-16(13)12-6-4-5-11(8-12)9-17;9-5-6-2-1-3-7(4-6)8(10)11;1-3-11-7(10)6-4-5(2)8-9-6;1-2-3;;;;/h6-10H,4-5,11H2,1-3H3;4-8H,3,9H2,1-2H3,(H,17,18);4-8,17H,3,9H2,1-2H3;1-4,9-11H,5H2;4H,3H2,1-2H3,(H,8,9);2H2,1H3;;;1H2;/q;;;;;;2*+1;;-1/p-1. The van der Waals surface area contributed by atoms with Gasteiger partial charge in [-0.2, -0.15) is 20.4 Å². The van der Waals surface area contributed by atoms with Crippen LogP contribution in [0.2, 0.25) is 0 Å². The number of carboxylic acid groups (broad SMARTS) is 1. The molecule has 0 unspecified atom stereocenters. The number of esters is 3. The van der Waals surface area contributed by atoms with Crippen LogP contribution < -0.4 is 64.6 Å². The molecule has 0 spiro atoms. The molecule has 0 saturated heterocycles. The van der Waals surface area contributed by atoms with Crippen molar-refractivity contribution in [2.24, 2.45) is 0 Å². The van der Waals surface area contributed by atoms with E-state index in [2.05, 4.69) is 55.0 Å². The summed E-state index contributed by atoms with van der Waals surface area (Å²) >= 11 is 2.29. The molecule has 0 saturated carbocycles. The molecule has 23 nitrogen and oxygen atoms in total. The molecule has 87 heavy (non-hydrogen) atoms. The largest absolute Gasteiger partial charge is 1.00 e. The number of aromatic nitrogens is 8. The van der Waals surface area contributed by atoms with Gasteiger partial charge in [-0.25, -0.2) is 33.2 Å². The van der Waals surface area contributed by atoms with Gasteiger partial charge in [0.1, 0.15) is 0 Å². The van der Waals surface area contributed by atoms with Crippen molar-refractivity contribution >= 4 is 59.0 Å². The number of nitrogens with one attached hydrogen (secondary N) is 1. The Bertz CT molecular complexity index is 3310. The number of carbonyl (C=O) groups excluding carboxylic acids is 3. The van der Waals surface area contributed by atoms with Crippen LogP contribution in [0.5, 0.6) is 0 Å². The maximum Gasteiger partial charge on any atom is 1.00 e. The monoisotopic (exact) mass is 1330 g/mol. The van der Waals surface area contributed by atoms with E-state index in [1.54, 1.807) is 87.0 Å². The average Bonchev–Trinajstić information content (AvgIpc) is 4.47. The first-order chi connectivity index (χ1) is 40.3. The Kier molecular flexibility index (Phi) is 41.5. The third-order valence-electron chi connectivity index (χ3n) is 10.9. The number of carbonyl (C=O) groups is 4. The van der Waals surface area contributed by atoms with Crippen molar-refractivity contribution in [2.45, 2.75) is 95.7 Å². The molecule has 0 aliphatic heterocycles. The Hall–Kier alpha value is -5.89. The summed E-state index contributed by atoms with van der Waals surface area (Å²) in [7, 11) is -1.46. The molecular formula is C60H78BIN8Na2O15. The third kappa shape index (κ3) is 28.0. The smallest absolute Gasteiger partial charge is 1.00 e. The van der Waals surface area contributed by atoms with Crippen LogP contribution in [0.3, 0.4) is 0 Å². The number of halogens is 1. The number of rotatable bonds is 19. The van der Waals surface area contributed by atoms with Gasteiger partial charge >= 0.3 is 90.1 Å². The molecule has 8 rings (SSSR count).